The van der Waals surface area contributed by atoms with E-state index in [0.717, 1.165) is 6.42 Å². The molecule has 0 saturated heterocycles. The molecule has 0 fully saturated rings. The molecule has 0 saturated carbocycles. The van der Waals surface area contributed by atoms with Crippen LogP contribution in [0.1, 0.15) is 12.5 Å². The van der Waals surface area contributed by atoms with Crippen LogP contribution < -0.4 is 5.32 Å². The van der Waals surface area contributed by atoms with Gasteiger partial charge in [-0.1, -0.05) is 30.3 Å². The Bertz CT molecular complexity index is 345. The standard InChI is InChI=1S/C13H18N2O/c1-13(10-14,15-2)11-16-9-8-12-6-4-3-5-7-12/h3-7,15H,8-9,11H2,1-2H3. The highest BCUT2D eigenvalue weighted by molar-refractivity contribution is 5.14. The van der Waals surface area contributed by atoms with E-state index in [1.807, 2.05) is 25.1 Å². The Morgan fingerprint density at radius 3 is 2.62 bits per heavy atom. The van der Waals surface area contributed by atoms with E-state index in [1.54, 1.807) is 7.05 Å². The molecule has 1 aromatic carbocycles. The van der Waals surface area contributed by atoms with E-state index >= 15 is 0 Å². The first-order valence-electron chi connectivity index (χ1n) is 5.42. The Kier molecular flexibility index (Phi) is 4.97. The van der Waals surface area contributed by atoms with Crippen molar-refractivity contribution in [2.75, 3.05) is 20.3 Å². The summed E-state index contributed by atoms with van der Waals surface area (Å²) in [5.41, 5.74) is 0.669. The molecule has 1 rings (SSSR count). The molecule has 0 aliphatic carbocycles. The molecular formula is C13H18N2O. The fourth-order valence-corrected chi connectivity index (χ4v) is 1.27. The number of hydrogen-bond acceptors (Lipinski definition) is 3. The first-order valence-corrected chi connectivity index (χ1v) is 5.42. The van der Waals surface area contributed by atoms with E-state index in [2.05, 4.69) is 23.5 Å². The maximum atomic E-state index is 8.91. The van der Waals surface area contributed by atoms with Crippen LogP contribution in [0.4, 0.5) is 0 Å². The van der Waals surface area contributed by atoms with E-state index in [4.69, 9.17) is 10.00 Å². The van der Waals surface area contributed by atoms with E-state index in [9.17, 15) is 0 Å². The molecule has 0 aromatic heterocycles. The van der Waals surface area contributed by atoms with Gasteiger partial charge in [0.25, 0.3) is 0 Å². The molecule has 0 spiro atoms. The molecule has 0 radical (unpaired) electrons. The van der Waals surface area contributed by atoms with Crippen molar-refractivity contribution in [1.29, 1.82) is 5.26 Å². The van der Waals surface area contributed by atoms with Gasteiger partial charge in [0.15, 0.2) is 0 Å². The molecule has 3 nitrogen and oxygen atoms in total. The van der Waals surface area contributed by atoms with Crippen molar-refractivity contribution in [3.05, 3.63) is 35.9 Å². The molecular weight excluding hydrogens is 200 g/mol. The number of ether oxygens (including phenoxy) is 1. The molecule has 0 aliphatic rings. The van der Waals surface area contributed by atoms with E-state index in [0.29, 0.717) is 13.2 Å². The van der Waals surface area contributed by atoms with Gasteiger partial charge in [0.1, 0.15) is 5.54 Å². The van der Waals surface area contributed by atoms with Crippen molar-refractivity contribution in [2.45, 2.75) is 18.9 Å². The smallest absolute Gasteiger partial charge is 0.127 e. The number of nitriles is 1. The molecule has 1 unspecified atom stereocenters. The highest BCUT2D eigenvalue weighted by Gasteiger charge is 2.20. The van der Waals surface area contributed by atoms with Crippen molar-refractivity contribution < 1.29 is 4.74 Å². The average Bonchev–Trinajstić information content (AvgIpc) is 2.36. The second-order valence-corrected chi connectivity index (χ2v) is 3.98. The largest absolute Gasteiger partial charge is 0.378 e. The zero-order valence-corrected chi connectivity index (χ0v) is 9.86. The van der Waals surface area contributed by atoms with Gasteiger partial charge in [-0.05, 0) is 26.0 Å². The van der Waals surface area contributed by atoms with E-state index < -0.39 is 5.54 Å². The van der Waals surface area contributed by atoms with Crippen LogP contribution >= 0.6 is 0 Å². The summed E-state index contributed by atoms with van der Waals surface area (Å²) in [5, 5.41) is 11.8. The molecule has 1 atom stereocenters. The van der Waals surface area contributed by atoms with Crippen molar-refractivity contribution >= 4 is 0 Å². The van der Waals surface area contributed by atoms with Gasteiger partial charge in [-0.25, -0.2) is 0 Å². The summed E-state index contributed by atoms with van der Waals surface area (Å²) in [6.07, 6.45) is 0.881. The van der Waals surface area contributed by atoms with Crippen LogP contribution in [0.2, 0.25) is 0 Å². The number of hydrogen-bond donors (Lipinski definition) is 1. The summed E-state index contributed by atoms with van der Waals surface area (Å²) in [4.78, 5) is 0. The summed E-state index contributed by atoms with van der Waals surface area (Å²) in [6.45, 7) is 2.88. The predicted molar refractivity (Wildman–Crippen MR) is 64.0 cm³/mol. The molecule has 86 valence electrons. The number of benzene rings is 1. The SMILES string of the molecule is CNC(C)(C#N)COCCc1ccccc1. The summed E-state index contributed by atoms with van der Waals surface area (Å²) in [6, 6.07) is 12.4. The van der Waals surface area contributed by atoms with Crippen LogP contribution in [0.25, 0.3) is 0 Å². The Balaban J connectivity index is 2.25. The lowest BCUT2D eigenvalue weighted by Crippen LogP contribution is -2.42. The van der Waals surface area contributed by atoms with Gasteiger partial charge in [-0.3, -0.25) is 0 Å². The van der Waals surface area contributed by atoms with Gasteiger partial charge in [0.05, 0.1) is 19.3 Å². The Morgan fingerprint density at radius 1 is 1.38 bits per heavy atom. The maximum absolute atomic E-state index is 8.91. The molecule has 3 heteroatoms. The second-order valence-electron chi connectivity index (χ2n) is 3.98. The van der Waals surface area contributed by atoms with Crippen molar-refractivity contribution in [3.8, 4) is 6.07 Å². The third-order valence-electron chi connectivity index (χ3n) is 2.57. The van der Waals surface area contributed by atoms with Gasteiger partial charge in [0, 0.05) is 0 Å². The Hall–Kier alpha value is -1.37. The van der Waals surface area contributed by atoms with Gasteiger partial charge in [0.2, 0.25) is 0 Å². The lowest BCUT2D eigenvalue weighted by Gasteiger charge is -2.20. The fourth-order valence-electron chi connectivity index (χ4n) is 1.27. The molecule has 0 aliphatic heterocycles. The van der Waals surface area contributed by atoms with Gasteiger partial charge in [-0.15, -0.1) is 0 Å². The van der Waals surface area contributed by atoms with Crippen LogP contribution in [-0.4, -0.2) is 25.8 Å². The molecule has 0 heterocycles. The van der Waals surface area contributed by atoms with Crippen LogP contribution in [0.15, 0.2) is 30.3 Å². The number of nitrogens with zero attached hydrogens (tertiary/aromatic N) is 1. The van der Waals surface area contributed by atoms with Gasteiger partial charge < -0.3 is 10.1 Å². The summed E-state index contributed by atoms with van der Waals surface area (Å²) < 4.78 is 5.50. The average molecular weight is 218 g/mol. The van der Waals surface area contributed by atoms with Crippen molar-refractivity contribution in [2.24, 2.45) is 0 Å². The zero-order chi connectivity index (χ0) is 11.9. The number of nitrogens with one attached hydrogen (secondary N) is 1. The minimum atomic E-state index is -0.587. The molecule has 1 N–H and O–H groups in total. The monoisotopic (exact) mass is 218 g/mol. The van der Waals surface area contributed by atoms with Crippen LogP contribution in [-0.2, 0) is 11.2 Å². The Labute approximate surface area is 97.0 Å². The lowest BCUT2D eigenvalue weighted by molar-refractivity contribution is 0.101. The molecule has 1 aromatic rings. The molecule has 0 bridgehead atoms. The summed E-state index contributed by atoms with van der Waals surface area (Å²) in [7, 11) is 1.77. The minimum absolute atomic E-state index is 0.410. The maximum Gasteiger partial charge on any atom is 0.127 e. The van der Waals surface area contributed by atoms with Crippen LogP contribution in [0.3, 0.4) is 0 Å². The first kappa shape index (κ1) is 12.7. The van der Waals surface area contributed by atoms with Crippen LogP contribution in [0.5, 0.6) is 0 Å². The predicted octanol–water partition coefficient (Wildman–Crippen LogP) is 1.75. The topological polar surface area (TPSA) is 45.0 Å². The minimum Gasteiger partial charge on any atom is -0.378 e. The van der Waals surface area contributed by atoms with Crippen LogP contribution in [0, 0.1) is 11.3 Å². The molecule has 0 amide bonds. The normalized spacial score (nSPS) is 14.1. The highest BCUT2D eigenvalue weighted by atomic mass is 16.5. The second kappa shape index (κ2) is 6.26. The van der Waals surface area contributed by atoms with Gasteiger partial charge in [-0.2, -0.15) is 5.26 Å². The summed E-state index contributed by atoms with van der Waals surface area (Å²) in [5.74, 6) is 0. The quantitative estimate of drug-likeness (QED) is 0.740. The lowest BCUT2D eigenvalue weighted by atomic mass is 10.1. The third-order valence-corrected chi connectivity index (χ3v) is 2.57. The van der Waals surface area contributed by atoms with E-state index in [1.165, 1.54) is 5.56 Å². The first-order chi connectivity index (χ1) is 7.70. The van der Waals surface area contributed by atoms with Crippen molar-refractivity contribution in [1.82, 2.24) is 5.32 Å². The number of likely N-dealkylation sites (N-methyl/N-ethyl adjacent to an activating group) is 1. The summed E-state index contributed by atoms with van der Waals surface area (Å²) >= 11 is 0. The fraction of sp³-hybridized carbons (Fsp3) is 0.462. The third kappa shape index (κ3) is 4.01. The van der Waals surface area contributed by atoms with Gasteiger partial charge >= 0.3 is 0 Å². The molecule has 16 heavy (non-hydrogen) atoms. The van der Waals surface area contributed by atoms with E-state index in [-0.39, 0.29) is 0 Å². The van der Waals surface area contributed by atoms with Crippen molar-refractivity contribution in [3.63, 3.8) is 0 Å². The Morgan fingerprint density at radius 2 is 2.06 bits per heavy atom. The zero-order valence-electron chi connectivity index (χ0n) is 9.86. The number of rotatable bonds is 6. The highest BCUT2D eigenvalue weighted by Crippen LogP contribution is 2.03.